The van der Waals surface area contributed by atoms with Crippen molar-refractivity contribution in [2.75, 3.05) is 0 Å². The first-order valence-electron chi connectivity index (χ1n) is 6.52. The Morgan fingerprint density at radius 1 is 0.750 bits per heavy atom. The van der Waals surface area contributed by atoms with Crippen LogP contribution < -0.4 is 0 Å². The van der Waals surface area contributed by atoms with E-state index < -0.39 is 0 Å². The van der Waals surface area contributed by atoms with Gasteiger partial charge in [-0.3, -0.25) is 5.11 Å². The summed E-state index contributed by atoms with van der Waals surface area (Å²) in [7, 11) is 0. The second-order valence-corrected chi connectivity index (χ2v) is 4.05. The lowest BCUT2D eigenvalue weighted by molar-refractivity contribution is 0.352. The first kappa shape index (κ1) is 15.0. The van der Waals surface area contributed by atoms with Crippen LogP contribution in [0.25, 0.3) is 0 Å². The molecule has 16 heavy (non-hydrogen) atoms. The largest absolute Gasteiger partial charge is 0.299 e. The Balaban J connectivity index is 3.14. The summed E-state index contributed by atoms with van der Waals surface area (Å²) in [6.07, 6.45) is 20.8. The van der Waals surface area contributed by atoms with Crippen molar-refractivity contribution in [3.63, 3.8) is 0 Å². The highest BCUT2D eigenvalue weighted by Gasteiger charge is 1.88. The van der Waals surface area contributed by atoms with E-state index in [9.17, 15) is 5.11 Å². The SMILES string of the molecule is CCCCCCCCC/C=C/C=C/C=C/[O]. The molecule has 0 aliphatic carbocycles. The van der Waals surface area contributed by atoms with Crippen molar-refractivity contribution in [3.8, 4) is 0 Å². The van der Waals surface area contributed by atoms with Crippen molar-refractivity contribution in [2.45, 2.75) is 58.3 Å². The summed E-state index contributed by atoms with van der Waals surface area (Å²) in [4.78, 5) is 0. The third-order valence-electron chi connectivity index (χ3n) is 2.52. The molecule has 0 heterocycles. The number of hydrogen-bond acceptors (Lipinski definition) is 0. The van der Waals surface area contributed by atoms with Crippen LogP contribution in [0.2, 0.25) is 0 Å². The Morgan fingerprint density at radius 2 is 1.38 bits per heavy atom. The van der Waals surface area contributed by atoms with Gasteiger partial charge in [-0.05, 0) is 18.9 Å². The van der Waals surface area contributed by atoms with Gasteiger partial charge in [-0.1, -0.05) is 69.8 Å². The van der Waals surface area contributed by atoms with Gasteiger partial charge in [-0.2, -0.15) is 0 Å². The van der Waals surface area contributed by atoms with Crippen LogP contribution in [0.5, 0.6) is 0 Å². The molecule has 0 N–H and O–H groups in total. The van der Waals surface area contributed by atoms with Crippen molar-refractivity contribution in [1.82, 2.24) is 0 Å². The molecule has 1 radical (unpaired) electrons. The highest BCUT2D eigenvalue weighted by Crippen LogP contribution is 2.08. The predicted octanol–water partition coefficient (Wildman–Crippen LogP) is 5.18. The van der Waals surface area contributed by atoms with Crippen LogP contribution in [0.1, 0.15) is 58.3 Å². The lowest BCUT2D eigenvalue weighted by Gasteiger charge is -1.98. The zero-order valence-electron chi connectivity index (χ0n) is 10.5. The van der Waals surface area contributed by atoms with Gasteiger partial charge in [0.2, 0.25) is 0 Å². The molecule has 0 aliphatic rings. The van der Waals surface area contributed by atoms with Gasteiger partial charge in [0, 0.05) is 0 Å². The summed E-state index contributed by atoms with van der Waals surface area (Å²) < 4.78 is 0. The molecule has 0 rings (SSSR count). The summed E-state index contributed by atoms with van der Waals surface area (Å²) >= 11 is 0. The van der Waals surface area contributed by atoms with Crippen molar-refractivity contribution in [3.05, 3.63) is 36.6 Å². The van der Waals surface area contributed by atoms with Crippen LogP contribution in [0.15, 0.2) is 36.6 Å². The summed E-state index contributed by atoms with van der Waals surface area (Å²) in [5, 5.41) is 9.96. The number of rotatable bonds is 10. The first-order valence-corrected chi connectivity index (χ1v) is 6.52. The van der Waals surface area contributed by atoms with Crippen LogP contribution in [-0.4, -0.2) is 0 Å². The molecule has 1 nitrogen and oxygen atoms in total. The monoisotopic (exact) mass is 221 g/mol. The summed E-state index contributed by atoms with van der Waals surface area (Å²) in [6, 6.07) is 0. The molecule has 0 spiro atoms. The number of unbranched alkanes of at least 4 members (excludes halogenated alkanes) is 7. The van der Waals surface area contributed by atoms with E-state index in [2.05, 4.69) is 13.0 Å². The fraction of sp³-hybridized carbons (Fsp3) is 0.600. The van der Waals surface area contributed by atoms with E-state index in [4.69, 9.17) is 0 Å². The molecule has 0 bridgehead atoms. The lowest BCUT2D eigenvalue weighted by atomic mass is 10.1. The highest BCUT2D eigenvalue weighted by atomic mass is 16.2. The molecule has 0 aromatic rings. The maximum Gasteiger partial charge on any atom is 0.142 e. The zero-order chi connectivity index (χ0) is 11.9. The number of allylic oxidation sites excluding steroid dienone is 5. The Labute approximate surface area is 101 Å². The third-order valence-corrected chi connectivity index (χ3v) is 2.52. The predicted molar refractivity (Wildman–Crippen MR) is 70.7 cm³/mol. The second kappa shape index (κ2) is 14.0. The first-order chi connectivity index (χ1) is 7.91. The normalized spacial score (nSPS) is 12.3. The minimum atomic E-state index is 0.792. The minimum Gasteiger partial charge on any atom is -0.299 e. The summed E-state index contributed by atoms with van der Waals surface area (Å²) in [6.45, 7) is 2.25. The van der Waals surface area contributed by atoms with Gasteiger partial charge >= 0.3 is 0 Å². The van der Waals surface area contributed by atoms with E-state index in [1.54, 1.807) is 6.08 Å². The quantitative estimate of drug-likeness (QED) is 0.275. The standard InChI is InChI=1S/C15H25O/c1-2-3-4-5-6-7-8-9-10-11-12-13-14-15-16/h10-15H,2-9H2,1H3/b11-10+,13-12+,15-14+. The van der Waals surface area contributed by atoms with Crippen molar-refractivity contribution >= 4 is 0 Å². The van der Waals surface area contributed by atoms with E-state index in [1.165, 1.54) is 51.0 Å². The van der Waals surface area contributed by atoms with E-state index in [1.807, 2.05) is 12.2 Å². The summed E-state index contributed by atoms with van der Waals surface area (Å²) in [5.74, 6) is 0. The third kappa shape index (κ3) is 13.0. The lowest BCUT2D eigenvalue weighted by Crippen LogP contribution is -1.78. The Bertz CT molecular complexity index is 201. The molecule has 0 amide bonds. The second-order valence-electron chi connectivity index (χ2n) is 4.05. The van der Waals surface area contributed by atoms with Crippen molar-refractivity contribution in [2.24, 2.45) is 0 Å². The Hall–Kier alpha value is -0.980. The smallest absolute Gasteiger partial charge is 0.142 e. The number of hydrogen-bond donors (Lipinski definition) is 0. The molecule has 0 aromatic carbocycles. The molecular formula is C15H25O. The maximum atomic E-state index is 9.96. The molecule has 0 saturated carbocycles. The van der Waals surface area contributed by atoms with Crippen LogP contribution in [-0.2, 0) is 5.11 Å². The molecular weight excluding hydrogens is 196 g/mol. The molecule has 1 heteroatoms. The Kier molecular flexibility index (Phi) is 13.2. The average Bonchev–Trinajstić information content (AvgIpc) is 2.31. The summed E-state index contributed by atoms with van der Waals surface area (Å²) in [5.41, 5.74) is 0. The molecule has 0 aromatic heterocycles. The highest BCUT2D eigenvalue weighted by molar-refractivity contribution is 5.09. The van der Waals surface area contributed by atoms with E-state index in [0.717, 1.165) is 12.7 Å². The van der Waals surface area contributed by atoms with E-state index >= 15 is 0 Å². The van der Waals surface area contributed by atoms with Crippen LogP contribution >= 0.6 is 0 Å². The van der Waals surface area contributed by atoms with E-state index in [0.29, 0.717) is 0 Å². The van der Waals surface area contributed by atoms with Crippen molar-refractivity contribution < 1.29 is 5.11 Å². The molecule has 0 fully saturated rings. The average molecular weight is 221 g/mol. The van der Waals surface area contributed by atoms with Gasteiger partial charge in [0.15, 0.2) is 0 Å². The van der Waals surface area contributed by atoms with Gasteiger partial charge in [0.1, 0.15) is 6.26 Å². The van der Waals surface area contributed by atoms with Crippen LogP contribution in [0.4, 0.5) is 0 Å². The van der Waals surface area contributed by atoms with Gasteiger partial charge in [0.25, 0.3) is 0 Å². The maximum absolute atomic E-state index is 9.96. The molecule has 0 saturated heterocycles. The van der Waals surface area contributed by atoms with Crippen LogP contribution in [0.3, 0.4) is 0 Å². The van der Waals surface area contributed by atoms with Gasteiger partial charge < -0.3 is 0 Å². The minimum absolute atomic E-state index is 0.792. The zero-order valence-corrected chi connectivity index (χ0v) is 10.5. The molecule has 0 atom stereocenters. The van der Waals surface area contributed by atoms with Gasteiger partial charge in [0.05, 0.1) is 0 Å². The van der Waals surface area contributed by atoms with Crippen LogP contribution in [0, 0.1) is 0 Å². The van der Waals surface area contributed by atoms with Gasteiger partial charge in [-0.15, -0.1) is 0 Å². The van der Waals surface area contributed by atoms with Crippen molar-refractivity contribution in [1.29, 1.82) is 0 Å². The fourth-order valence-electron chi connectivity index (χ4n) is 1.57. The molecule has 0 unspecified atom stereocenters. The Morgan fingerprint density at radius 3 is 2.06 bits per heavy atom. The fourth-order valence-corrected chi connectivity index (χ4v) is 1.57. The van der Waals surface area contributed by atoms with E-state index in [-0.39, 0.29) is 0 Å². The van der Waals surface area contributed by atoms with Gasteiger partial charge in [-0.25, -0.2) is 0 Å². The topological polar surface area (TPSA) is 19.9 Å². The molecule has 91 valence electrons. The molecule has 0 aliphatic heterocycles.